The molecule has 0 N–H and O–H groups in total. The van der Waals surface area contributed by atoms with Gasteiger partial charge in [-0.1, -0.05) is 82.7 Å². The first-order chi connectivity index (χ1) is 13.2. The minimum Gasteiger partial charge on any atom is -0.455 e. The SMILES string of the molecule is O=C(O[C@@H](/C=C\c1ccccc1)CCc1ccc(Br)cc1)c1ccccc1. The van der Waals surface area contributed by atoms with E-state index in [4.69, 9.17) is 4.74 Å². The molecule has 0 aliphatic rings. The first-order valence-corrected chi connectivity index (χ1v) is 9.74. The van der Waals surface area contributed by atoms with Crippen molar-refractivity contribution >= 4 is 28.0 Å². The molecule has 0 bridgehead atoms. The van der Waals surface area contributed by atoms with Crippen LogP contribution in [-0.4, -0.2) is 12.1 Å². The van der Waals surface area contributed by atoms with Crippen LogP contribution in [0.3, 0.4) is 0 Å². The number of carbonyl (C=O) groups is 1. The normalized spacial score (nSPS) is 12.0. The second-order valence-electron chi connectivity index (χ2n) is 6.24. The Morgan fingerprint density at radius 1 is 0.889 bits per heavy atom. The maximum atomic E-state index is 12.5. The van der Waals surface area contributed by atoms with Crippen molar-refractivity contribution in [3.05, 3.63) is 112 Å². The molecule has 0 spiro atoms. The number of esters is 1. The summed E-state index contributed by atoms with van der Waals surface area (Å²) < 4.78 is 6.83. The number of halogens is 1. The minimum absolute atomic E-state index is 0.290. The second-order valence-corrected chi connectivity index (χ2v) is 7.16. The zero-order valence-electron chi connectivity index (χ0n) is 14.9. The van der Waals surface area contributed by atoms with Crippen LogP contribution in [0.4, 0.5) is 0 Å². The maximum Gasteiger partial charge on any atom is 0.338 e. The van der Waals surface area contributed by atoms with Gasteiger partial charge in [0.2, 0.25) is 0 Å². The van der Waals surface area contributed by atoms with Crippen molar-refractivity contribution in [3.63, 3.8) is 0 Å². The number of aryl methyl sites for hydroxylation is 1. The van der Waals surface area contributed by atoms with Crippen LogP contribution < -0.4 is 0 Å². The molecule has 0 saturated heterocycles. The summed E-state index contributed by atoms with van der Waals surface area (Å²) in [6.07, 6.45) is 5.24. The predicted molar refractivity (Wildman–Crippen MR) is 114 cm³/mol. The summed E-state index contributed by atoms with van der Waals surface area (Å²) in [7, 11) is 0. The Bertz CT molecular complexity index is 871. The van der Waals surface area contributed by atoms with E-state index in [1.165, 1.54) is 5.56 Å². The Hall–Kier alpha value is -2.65. The zero-order valence-corrected chi connectivity index (χ0v) is 16.5. The largest absolute Gasteiger partial charge is 0.455 e. The van der Waals surface area contributed by atoms with Gasteiger partial charge < -0.3 is 4.74 Å². The first-order valence-electron chi connectivity index (χ1n) is 8.94. The predicted octanol–water partition coefficient (Wildman–Crippen LogP) is 6.32. The van der Waals surface area contributed by atoms with Crippen LogP contribution in [0.5, 0.6) is 0 Å². The fourth-order valence-electron chi connectivity index (χ4n) is 2.72. The molecular formula is C24H21BrO2. The van der Waals surface area contributed by atoms with E-state index in [1.54, 1.807) is 12.1 Å². The number of benzene rings is 3. The summed E-state index contributed by atoms with van der Waals surface area (Å²) in [5, 5.41) is 0. The number of ether oxygens (including phenoxy) is 1. The van der Waals surface area contributed by atoms with Crippen molar-refractivity contribution in [1.29, 1.82) is 0 Å². The smallest absolute Gasteiger partial charge is 0.338 e. The van der Waals surface area contributed by atoms with E-state index < -0.39 is 0 Å². The highest BCUT2D eigenvalue weighted by Gasteiger charge is 2.13. The molecule has 3 aromatic rings. The Balaban J connectivity index is 1.70. The van der Waals surface area contributed by atoms with Gasteiger partial charge >= 0.3 is 5.97 Å². The molecule has 0 saturated carbocycles. The summed E-state index contributed by atoms with van der Waals surface area (Å²) in [5.74, 6) is -0.297. The van der Waals surface area contributed by atoms with Crippen LogP contribution in [0.2, 0.25) is 0 Å². The van der Waals surface area contributed by atoms with Crippen LogP contribution in [-0.2, 0) is 11.2 Å². The minimum atomic E-state index is -0.297. The molecule has 1 atom stereocenters. The van der Waals surface area contributed by atoms with Crippen LogP contribution in [0.1, 0.15) is 27.9 Å². The Labute approximate surface area is 168 Å². The average molecular weight is 421 g/mol. The van der Waals surface area contributed by atoms with Gasteiger partial charge in [0.05, 0.1) is 5.56 Å². The molecule has 3 aromatic carbocycles. The van der Waals surface area contributed by atoms with Gasteiger partial charge in [-0.25, -0.2) is 4.79 Å². The molecule has 0 aliphatic carbocycles. The maximum absolute atomic E-state index is 12.5. The molecule has 3 heteroatoms. The van der Waals surface area contributed by atoms with E-state index in [0.29, 0.717) is 5.56 Å². The monoisotopic (exact) mass is 420 g/mol. The molecule has 0 heterocycles. The number of hydrogen-bond donors (Lipinski definition) is 0. The van der Waals surface area contributed by atoms with E-state index in [9.17, 15) is 4.79 Å². The van der Waals surface area contributed by atoms with Gasteiger partial charge in [0, 0.05) is 4.47 Å². The van der Waals surface area contributed by atoms with Gasteiger partial charge in [-0.05, 0) is 54.3 Å². The van der Waals surface area contributed by atoms with E-state index in [2.05, 4.69) is 28.1 Å². The third kappa shape index (κ3) is 6.22. The highest BCUT2D eigenvalue weighted by atomic mass is 79.9. The summed E-state index contributed by atoms with van der Waals surface area (Å²) in [6.45, 7) is 0. The number of hydrogen-bond acceptors (Lipinski definition) is 2. The van der Waals surface area contributed by atoms with Crippen LogP contribution in [0.15, 0.2) is 95.5 Å². The van der Waals surface area contributed by atoms with Crippen LogP contribution in [0.25, 0.3) is 6.08 Å². The van der Waals surface area contributed by atoms with Crippen molar-refractivity contribution in [2.24, 2.45) is 0 Å². The van der Waals surface area contributed by atoms with Gasteiger partial charge in [0.15, 0.2) is 0 Å². The molecule has 0 amide bonds. The summed E-state index contributed by atoms with van der Waals surface area (Å²) in [5.41, 5.74) is 2.87. The van der Waals surface area contributed by atoms with Gasteiger partial charge in [-0.15, -0.1) is 0 Å². The summed E-state index contributed by atoms with van der Waals surface area (Å²) >= 11 is 3.45. The lowest BCUT2D eigenvalue weighted by Gasteiger charge is -2.15. The Morgan fingerprint density at radius 2 is 1.52 bits per heavy atom. The fourth-order valence-corrected chi connectivity index (χ4v) is 2.98. The summed E-state index contributed by atoms with van der Waals surface area (Å²) in [6, 6.07) is 27.4. The van der Waals surface area contributed by atoms with Crippen molar-refractivity contribution in [2.45, 2.75) is 18.9 Å². The van der Waals surface area contributed by atoms with Gasteiger partial charge in [-0.2, -0.15) is 0 Å². The third-order valence-electron chi connectivity index (χ3n) is 4.20. The molecular weight excluding hydrogens is 400 g/mol. The van der Waals surface area contributed by atoms with E-state index >= 15 is 0 Å². The van der Waals surface area contributed by atoms with Crippen molar-refractivity contribution in [1.82, 2.24) is 0 Å². The number of carbonyl (C=O) groups excluding carboxylic acids is 1. The van der Waals surface area contributed by atoms with Gasteiger partial charge in [0.1, 0.15) is 6.10 Å². The van der Waals surface area contributed by atoms with Gasteiger partial charge in [0.25, 0.3) is 0 Å². The first kappa shape index (κ1) is 19.1. The lowest BCUT2D eigenvalue weighted by Crippen LogP contribution is -2.17. The molecule has 0 radical (unpaired) electrons. The topological polar surface area (TPSA) is 26.3 Å². The zero-order chi connectivity index (χ0) is 18.9. The molecule has 0 aliphatic heterocycles. The highest BCUT2D eigenvalue weighted by Crippen LogP contribution is 2.16. The van der Waals surface area contributed by atoms with Crippen molar-refractivity contribution in [3.8, 4) is 0 Å². The highest BCUT2D eigenvalue weighted by molar-refractivity contribution is 9.10. The molecule has 2 nitrogen and oxygen atoms in total. The molecule has 0 unspecified atom stereocenters. The molecule has 136 valence electrons. The lowest BCUT2D eigenvalue weighted by molar-refractivity contribution is 0.0382. The van der Waals surface area contributed by atoms with Gasteiger partial charge in [-0.3, -0.25) is 0 Å². The average Bonchev–Trinajstić information content (AvgIpc) is 2.72. The standard InChI is InChI=1S/C24H21BrO2/c25-22-15-11-20(12-16-22)14-18-23(17-13-19-7-3-1-4-8-19)27-24(26)21-9-5-2-6-10-21/h1-13,15-17,23H,14,18H2/b17-13-/t23-/m0/s1. The quantitative estimate of drug-likeness (QED) is 0.417. The van der Waals surface area contributed by atoms with Crippen molar-refractivity contribution < 1.29 is 9.53 Å². The molecule has 27 heavy (non-hydrogen) atoms. The molecule has 3 rings (SSSR count). The van der Waals surface area contributed by atoms with E-state index in [0.717, 1.165) is 22.9 Å². The van der Waals surface area contributed by atoms with Crippen LogP contribution in [0, 0.1) is 0 Å². The van der Waals surface area contributed by atoms with Crippen LogP contribution >= 0.6 is 15.9 Å². The fraction of sp³-hybridized carbons (Fsp3) is 0.125. The Kier molecular flexibility index (Phi) is 7.00. The third-order valence-corrected chi connectivity index (χ3v) is 4.73. The second kappa shape index (κ2) is 9.89. The lowest BCUT2D eigenvalue weighted by atomic mass is 10.1. The van der Waals surface area contributed by atoms with E-state index in [-0.39, 0.29) is 12.1 Å². The van der Waals surface area contributed by atoms with E-state index in [1.807, 2.05) is 72.8 Å². The Morgan fingerprint density at radius 3 is 2.19 bits per heavy atom. The molecule has 0 fully saturated rings. The number of rotatable bonds is 7. The summed E-state index contributed by atoms with van der Waals surface area (Å²) in [4.78, 5) is 12.5. The molecule has 0 aromatic heterocycles. The van der Waals surface area contributed by atoms with Crippen molar-refractivity contribution in [2.75, 3.05) is 0 Å².